The average molecular weight is 282 g/mol. The molecule has 5 nitrogen and oxygen atoms in total. The SMILES string of the molecule is C=CCN(CCC)C(=O)N1CCC(CCC(=O)O)CC1. The van der Waals surface area contributed by atoms with Crippen molar-refractivity contribution in [2.75, 3.05) is 26.2 Å². The number of aliphatic carboxylic acids is 1. The number of amides is 2. The van der Waals surface area contributed by atoms with Crippen LogP contribution in [0, 0.1) is 5.92 Å². The van der Waals surface area contributed by atoms with Gasteiger partial charge >= 0.3 is 12.0 Å². The Morgan fingerprint density at radius 2 is 2.05 bits per heavy atom. The molecule has 1 fully saturated rings. The third-order valence-corrected chi connectivity index (χ3v) is 3.77. The first-order valence-electron chi connectivity index (χ1n) is 7.45. The highest BCUT2D eigenvalue weighted by Crippen LogP contribution is 2.22. The van der Waals surface area contributed by atoms with Crippen LogP contribution >= 0.6 is 0 Å². The van der Waals surface area contributed by atoms with Gasteiger partial charge in [-0.1, -0.05) is 13.0 Å². The molecule has 1 N–H and O–H groups in total. The zero-order valence-electron chi connectivity index (χ0n) is 12.4. The number of piperidine rings is 1. The maximum Gasteiger partial charge on any atom is 0.320 e. The van der Waals surface area contributed by atoms with E-state index in [0.717, 1.165) is 45.3 Å². The number of nitrogens with zero attached hydrogens (tertiary/aromatic N) is 2. The van der Waals surface area contributed by atoms with E-state index in [0.29, 0.717) is 12.5 Å². The molecule has 0 unspecified atom stereocenters. The summed E-state index contributed by atoms with van der Waals surface area (Å²) in [5, 5.41) is 8.69. The van der Waals surface area contributed by atoms with Gasteiger partial charge in [-0.3, -0.25) is 4.79 Å². The third kappa shape index (κ3) is 5.23. The zero-order valence-corrected chi connectivity index (χ0v) is 12.4. The lowest BCUT2D eigenvalue weighted by Gasteiger charge is -2.35. The van der Waals surface area contributed by atoms with E-state index in [4.69, 9.17) is 5.11 Å². The van der Waals surface area contributed by atoms with Crippen molar-refractivity contribution in [1.82, 2.24) is 9.80 Å². The molecule has 0 aromatic carbocycles. The zero-order chi connectivity index (χ0) is 15.0. The van der Waals surface area contributed by atoms with Crippen LogP contribution in [-0.4, -0.2) is 53.1 Å². The van der Waals surface area contributed by atoms with Crippen molar-refractivity contribution in [3.05, 3.63) is 12.7 Å². The molecular weight excluding hydrogens is 256 g/mol. The molecule has 0 bridgehead atoms. The minimum absolute atomic E-state index is 0.0865. The van der Waals surface area contributed by atoms with Gasteiger partial charge in [0.2, 0.25) is 0 Å². The number of carboxylic acid groups (broad SMARTS) is 1. The molecule has 0 radical (unpaired) electrons. The highest BCUT2D eigenvalue weighted by Gasteiger charge is 2.25. The van der Waals surface area contributed by atoms with Gasteiger partial charge in [0, 0.05) is 32.6 Å². The second-order valence-electron chi connectivity index (χ2n) is 5.38. The van der Waals surface area contributed by atoms with E-state index in [1.165, 1.54) is 0 Å². The fourth-order valence-electron chi connectivity index (χ4n) is 2.63. The standard InChI is InChI=1S/C15H26N2O3/c1-3-9-16(10-4-2)15(20)17-11-7-13(8-12-17)5-6-14(18)19/h3,13H,1,4-12H2,2H3,(H,18,19). The maximum atomic E-state index is 12.4. The molecule has 0 aromatic rings. The molecule has 1 aliphatic rings. The van der Waals surface area contributed by atoms with Gasteiger partial charge in [-0.05, 0) is 31.6 Å². The number of hydrogen-bond donors (Lipinski definition) is 1. The Bertz CT molecular complexity index is 336. The van der Waals surface area contributed by atoms with E-state index < -0.39 is 5.97 Å². The lowest BCUT2D eigenvalue weighted by molar-refractivity contribution is -0.137. The molecule has 2 amide bonds. The molecule has 1 aliphatic heterocycles. The number of carbonyl (C=O) groups is 2. The lowest BCUT2D eigenvalue weighted by Crippen LogP contribution is -2.47. The van der Waals surface area contributed by atoms with Crippen LogP contribution in [0.2, 0.25) is 0 Å². The monoisotopic (exact) mass is 282 g/mol. The normalized spacial score (nSPS) is 15.9. The van der Waals surface area contributed by atoms with Crippen LogP contribution in [0.4, 0.5) is 4.79 Å². The van der Waals surface area contributed by atoms with E-state index in [1.807, 2.05) is 9.80 Å². The van der Waals surface area contributed by atoms with Crippen molar-refractivity contribution in [2.45, 2.75) is 39.0 Å². The fraction of sp³-hybridized carbons (Fsp3) is 0.733. The van der Waals surface area contributed by atoms with Gasteiger partial charge in [-0.25, -0.2) is 4.79 Å². The van der Waals surface area contributed by atoms with Crippen molar-refractivity contribution in [2.24, 2.45) is 5.92 Å². The molecule has 1 saturated heterocycles. The maximum absolute atomic E-state index is 12.4. The number of hydrogen-bond acceptors (Lipinski definition) is 2. The summed E-state index contributed by atoms with van der Waals surface area (Å²) in [5.41, 5.74) is 0. The van der Waals surface area contributed by atoms with E-state index in [2.05, 4.69) is 13.5 Å². The van der Waals surface area contributed by atoms with Gasteiger partial charge in [0.25, 0.3) is 0 Å². The molecule has 20 heavy (non-hydrogen) atoms. The fourth-order valence-corrected chi connectivity index (χ4v) is 2.63. The molecule has 0 aliphatic carbocycles. The summed E-state index contributed by atoms with van der Waals surface area (Å²) in [5.74, 6) is -0.294. The van der Waals surface area contributed by atoms with E-state index in [1.54, 1.807) is 6.08 Å². The van der Waals surface area contributed by atoms with Crippen LogP contribution in [0.5, 0.6) is 0 Å². The predicted molar refractivity (Wildman–Crippen MR) is 78.6 cm³/mol. The first-order chi connectivity index (χ1) is 9.58. The van der Waals surface area contributed by atoms with Crippen molar-refractivity contribution in [3.63, 3.8) is 0 Å². The Hall–Kier alpha value is -1.52. The molecule has 0 saturated carbocycles. The summed E-state index contributed by atoms with van der Waals surface area (Å²) in [7, 11) is 0. The minimum atomic E-state index is -0.733. The molecule has 1 rings (SSSR count). The molecule has 114 valence electrons. The number of urea groups is 1. The van der Waals surface area contributed by atoms with Crippen molar-refractivity contribution >= 4 is 12.0 Å². The lowest BCUT2D eigenvalue weighted by atomic mass is 9.92. The quantitative estimate of drug-likeness (QED) is 0.730. The largest absolute Gasteiger partial charge is 0.481 e. The molecule has 5 heteroatoms. The van der Waals surface area contributed by atoms with Crippen molar-refractivity contribution in [3.8, 4) is 0 Å². The van der Waals surface area contributed by atoms with Crippen LogP contribution in [0.1, 0.15) is 39.0 Å². The molecule has 1 heterocycles. The number of carbonyl (C=O) groups excluding carboxylic acids is 1. The molecule has 0 atom stereocenters. The van der Waals surface area contributed by atoms with Crippen molar-refractivity contribution in [1.29, 1.82) is 0 Å². The van der Waals surface area contributed by atoms with Crippen molar-refractivity contribution < 1.29 is 14.7 Å². The highest BCUT2D eigenvalue weighted by atomic mass is 16.4. The van der Waals surface area contributed by atoms with Gasteiger partial charge in [0.05, 0.1) is 0 Å². The highest BCUT2D eigenvalue weighted by molar-refractivity contribution is 5.74. The molecule has 0 spiro atoms. The van der Waals surface area contributed by atoms with Gasteiger partial charge < -0.3 is 14.9 Å². The Morgan fingerprint density at radius 1 is 1.40 bits per heavy atom. The summed E-state index contributed by atoms with van der Waals surface area (Å²) in [6, 6.07) is 0.0865. The number of rotatable bonds is 7. The van der Waals surface area contributed by atoms with Gasteiger partial charge in [-0.15, -0.1) is 6.58 Å². The number of carboxylic acids is 1. The summed E-state index contributed by atoms with van der Waals surface area (Å²) in [4.78, 5) is 26.6. The Kier molecular flexibility index (Phi) is 7.12. The van der Waals surface area contributed by atoms with E-state index in [-0.39, 0.29) is 12.5 Å². The molecule has 0 aromatic heterocycles. The van der Waals surface area contributed by atoms with E-state index in [9.17, 15) is 9.59 Å². The van der Waals surface area contributed by atoms with Crippen LogP contribution in [0.25, 0.3) is 0 Å². The Labute approximate surface area is 121 Å². The first kappa shape index (κ1) is 16.5. The topological polar surface area (TPSA) is 60.9 Å². The van der Waals surface area contributed by atoms with E-state index >= 15 is 0 Å². The van der Waals surface area contributed by atoms with Crippen LogP contribution in [-0.2, 0) is 4.79 Å². The third-order valence-electron chi connectivity index (χ3n) is 3.77. The smallest absolute Gasteiger partial charge is 0.320 e. The predicted octanol–water partition coefficient (Wildman–Crippen LogP) is 2.58. The minimum Gasteiger partial charge on any atom is -0.481 e. The summed E-state index contributed by atoms with van der Waals surface area (Å²) in [6.07, 6.45) is 5.47. The van der Waals surface area contributed by atoms with Crippen LogP contribution < -0.4 is 0 Å². The van der Waals surface area contributed by atoms with Gasteiger partial charge in [-0.2, -0.15) is 0 Å². The second kappa shape index (κ2) is 8.61. The Balaban J connectivity index is 2.40. The first-order valence-corrected chi connectivity index (χ1v) is 7.45. The summed E-state index contributed by atoms with van der Waals surface area (Å²) < 4.78 is 0. The second-order valence-corrected chi connectivity index (χ2v) is 5.38. The van der Waals surface area contributed by atoms with Crippen LogP contribution in [0.15, 0.2) is 12.7 Å². The summed E-state index contributed by atoms with van der Waals surface area (Å²) in [6.45, 7) is 8.57. The average Bonchev–Trinajstić information content (AvgIpc) is 2.44. The number of likely N-dealkylation sites (tertiary alicyclic amines) is 1. The Morgan fingerprint density at radius 3 is 2.55 bits per heavy atom. The van der Waals surface area contributed by atoms with Gasteiger partial charge in [0.15, 0.2) is 0 Å². The summed E-state index contributed by atoms with van der Waals surface area (Å²) >= 11 is 0. The molecular formula is C15H26N2O3. The van der Waals surface area contributed by atoms with Gasteiger partial charge in [0.1, 0.15) is 0 Å². The van der Waals surface area contributed by atoms with Crippen LogP contribution in [0.3, 0.4) is 0 Å².